The van der Waals surface area contributed by atoms with Crippen molar-refractivity contribution in [1.29, 1.82) is 0 Å². The van der Waals surface area contributed by atoms with Gasteiger partial charge in [-0.1, -0.05) is 58.9 Å². The van der Waals surface area contributed by atoms with Crippen LogP contribution < -0.4 is 5.14 Å². The minimum atomic E-state index is 0.527. The molecule has 2 N–H and O–H groups in total. The molecule has 1 fully saturated rings. The second-order valence-electron chi connectivity index (χ2n) is 4.12. The quantitative estimate of drug-likeness (QED) is 0.771. The molecule has 0 radical (unpaired) electrons. The zero-order chi connectivity index (χ0) is 12.8. The van der Waals surface area contributed by atoms with Crippen LogP contribution in [0.2, 0.25) is 0 Å². The zero-order valence-corrected chi connectivity index (χ0v) is 12.9. The van der Waals surface area contributed by atoms with Gasteiger partial charge in [0.2, 0.25) is 0 Å². The van der Waals surface area contributed by atoms with Crippen molar-refractivity contribution in [3.05, 3.63) is 0 Å². The van der Waals surface area contributed by atoms with E-state index in [0.717, 1.165) is 11.7 Å². The van der Waals surface area contributed by atoms with Crippen molar-refractivity contribution in [1.82, 2.24) is 0 Å². The Morgan fingerprint density at radius 2 is 1.75 bits per heavy atom. The van der Waals surface area contributed by atoms with Crippen LogP contribution in [0.1, 0.15) is 59.8 Å². The summed E-state index contributed by atoms with van der Waals surface area (Å²) in [5.74, 6) is 1.81. The van der Waals surface area contributed by atoms with Crippen LogP contribution in [-0.2, 0) is 12.4 Å². The molecule has 0 bridgehead atoms. The topological polar surface area (TPSA) is 38.4 Å². The van der Waals surface area contributed by atoms with Crippen molar-refractivity contribution in [3.63, 3.8) is 0 Å². The Hall–Kier alpha value is 0.330. The van der Waals surface area contributed by atoms with Gasteiger partial charge < -0.3 is 0 Å². The molecule has 0 aromatic rings. The average molecular weight is 265 g/mol. The number of hydrogen-bond acceptors (Lipinski definition) is 4. The van der Waals surface area contributed by atoms with Crippen molar-refractivity contribution < 1.29 is 0 Å². The molecule has 0 aliphatic heterocycles. The van der Waals surface area contributed by atoms with E-state index < -0.39 is 0 Å². The number of rotatable bonds is 3. The summed E-state index contributed by atoms with van der Waals surface area (Å²) in [7, 11) is 0. The SMILES string of the molecule is CC.CC(C)CSN.S=NC1CCCCC1. The number of nitrogens with zero attached hydrogens (tertiary/aromatic N) is 1. The van der Waals surface area contributed by atoms with E-state index in [1.807, 2.05) is 13.8 Å². The van der Waals surface area contributed by atoms with Gasteiger partial charge in [0.25, 0.3) is 0 Å². The fourth-order valence-electron chi connectivity index (χ4n) is 1.38. The molecule has 0 spiro atoms. The highest BCUT2D eigenvalue weighted by atomic mass is 32.2. The Morgan fingerprint density at radius 3 is 1.94 bits per heavy atom. The largest absolute Gasteiger partial charge is 0.278 e. The highest BCUT2D eigenvalue weighted by molar-refractivity contribution is 7.97. The van der Waals surface area contributed by atoms with E-state index >= 15 is 0 Å². The highest BCUT2D eigenvalue weighted by Gasteiger charge is 2.10. The summed E-state index contributed by atoms with van der Waals surface area (Å²) in [5.41, 5.74) is 0. The first-order valence-electron chi connectivity index (χ1n) is 6.34. The smallest absolute Gasteiger partial charge is 0.0630 e. The van der Waals surface area contributed by atoms with E-state index in [1.165, 1.54) is 44.1 Å². The van der Waals surface area contributed by atoms with Crippen LogP contribution in [0.4, 0.5) is 0 Å². The van der Waals surface area contributed by atoms with Crippen LogP contribution in [-0.4, -0.2) is 11.8 Å². The molecule has 0 amide bonds. The first-order valence-corrected chi connectivity index (χ1v) is 7.76. The summed E-state index contributed by atoms with van der Waals surface area (Å²) in [6.45, 7) is 8.31. The van der Waals surface area contributed by atoms with Crippen LogP contribution in [0.3, 0.4) is 0 Å². The Morgan fingerprint density at radius 1 is 1.25 bits per heavy atom. The fraction of sp³-hybridized carbons (Fsp3) is 1.00. The van der Waals surface area contributed by atoms with Crippen LogP contribution in [0.25, 0.3) is 0 Å². The maximum atomic E-state index is 5.15. The second kappa shape index (κ2) is 15.3. The third kappa shape index (κ3) is 14.3. The predicted octanol–water partition coefficient (Wildman–Crippen LogP) is 4.33. The molecule has 4 heteroatoms. The summed E-state index contributed by atoms with van der Waals surface area (Å²) in [5, 5.41) is 5.15. The predicted molar refractivity (Wildman–Crippen MR) is 79.5 cm³/mol. The fourth-order valence-corrected chi connectivity index (χ4v) is 1.97. The molecular weight excluding hydrogens is 236 g/mol. The van der Waals surface area contributed by atoms with E-state index in [1.54, 1.807) is 0 Å². The monoisotopic (exact) mass is 264 g/mol. The van der Waals surface area contributed by atoms with Gasteiger partial charge in [0, 0.05) is 18.2 Å². The number of nitrogens with two attached hydrogens (primary N) is 1. The second-order valence-corrected chi connectivity index (χ2v) is 5.00. The molecule has 0 saturated heterocycles. The highest BCUT2D eigenvalue weighted by Crippen LogP contribution is 2.19. The molecule has 1 aliphatic carbocycles. The average Bonchev–Trinajstić information content (AvgIpc) is 2.33. The van der Waals surface area contributed by atoms with Gasteiger partial charge in [0.1, 0.15) is 0 Å². The van der Waals surface area contributed by atoms with Crippen LogP contribution in [0, 0.1) is 5.92 Å². The lowest BCUT2D eigenvalue weighted by molar-refractivity contribution is 0.447. The molecule has 0 aromatic carbocycles. The maximum absolute atomic E-state index is 5.15. The molecule has 1 rings (SSSR count). The minimum Gasteiger partial charge on any atom is -0.278 e. The van der Waals surface area contributed by atoms with E-state index in [9.17, 15) is 0 Å². The molecule has 2 nitrogen and oxygen atoms in total. The van der Waals surface area contributed by atoms with E-state index in [4.69, 9.17) is 5.14 Å². The van der Waals surface area contributed by atoms with Gasteiger partial charge >= 0.3 is 0 Å². The summed E-state index contributed by atoms with van der Waals surface area (Å²) in [6, 6.07) is 0.527. The molecule has 0 unspecified atom stereocenters. The van der Waals surface area contributed by atoms with E-state index in [0.29, 0.717) is 6.04 Å². The molecular formula is C12H28N2S2. The molecule has 1 aliphatic rings. The van der Waals surface area contributed by atoms with Gasteiger partial charge in [-0.15, -0.1) is 0 Å². The third-order valence-electron chi connectivity index (χ3n) is 2.15. The summed E-state index contributed by atoms with van der Waals surface area (Å²) < 4.78 is 3.83. The van der Waals surface area contributed by atoms with Gasteiger partial charge in [-0.25, -0.2) is 4.36 Å². The summed E-state index contributed by atoms with van der Waals surface area (Å²) in [4.78, 5) is 0. The molecule has 0 heterocycles. The first kappa shape index (κ1) is 18.7. The van der Waals surface area contributed by atoms with Gasteiger partial charge in [0.05, 0.1) is 6.04 Å². The lowest BCUT2D eigenvalue weighted by Gasteiger charge is -2.14. The van der Waals surface area contributed by atoms with E-state index in [2.05, 4.69) is 30.6 Å². The van der Waals surface area contributed by atoms with Gasteiger partial charge in [-0.05, 0) is 18.8 Å². The lowest BCUT2D eigenvalue weighted by atomic mass is 9.97. The van der Waals surface area contributed by atoms with Gasteiger partial charge in [0.15, 0.2) is 0 Å². The van der Waals surface area contributed by atoms with Crippen molar-refractivity contribution in [2.24, 2.45) is 15.4 Å². The van der Waals surface area contributed by atoms with Crippen molar-refractivity contribution in [2.45, 2.75) is 65.8 Å². The van der Waals surface area contributed by atoms with E-state index in [-0.39, 0.29) is 0 Å². The van der Waals surface area contributed by atoms with Gasteiger partial charge in [-0.3, -0.25) is 5.14 Å². The van der Waals surface area contributed by atoms with Crippen LogP contribution >= 0.6 is 11.9 Å². The summed E-state index contributed by atoms with van der Waals surface area (Å²) in [6.07, 6.45) is 6.55. The molecule has 0 atom stereocenters. The first-order chi connectivity index (χ1) is 7.70. The molecule has 98 valence electrons. The Labute approximate surface area is 111 Å². The van der Waals surface area contributed by atoms with Crippen molar-refractivity contribution >= 4 is 24.4 Å². The normalized spacial score (nSPS) is 15.6. The maximum Gasteiger partial charge on any atom is 0.0630 e. The molecule has 16 heavy (non-hydrogen) atoms. The summed E-state index contributed by atoms with van der Waals surface area (Å²) >= 11 is 6.01. The zero-order valence-electron chi connectivity index (χ0n) is 11.2. The molecule has 1 saturated carbocycles. The Kier molecular flexibility index (Phi) is 17.9. The third-order valence-corrected chi connectivity index (χ3v) is 3.31. The van der Waals surface area contributed by atoms with Crippen LogP contribution in [0.5, 0.6) is 0 Å². The van der Waals surface area contributed by atoms with Gasteiger partial charge in [-0.2, -0.15) is 0 Å². The Balaban J connectivity index is 0. The van der Waals surface area contributed by atoms with Crippen LogP contribution in [0.15, 0.2) is 4.36 Å². The number of hydrogen-bond donors (Lipinski definition) is 1. The van der Waals surface area contributed by atoms with Crippen molar-refractivity contribution in [2.75, 3.05) is 5.75 Å². The lowest BCUT2D eigenvalue weighted by Crippen LogP contribution is -2.07. The van der Waals surface area contributed by atoms with Crippen molar-refractivity contribution in [3.8, 4) is 0 Å². The minimum absolute atomic E-state index is 0.527. The standard InChI is InChI=1S/C6H11NS.C4H11NS.C2H6/c8-7-6-4-2-1-3-5-6;1-4(2)3-6-5;1-2/h6H,1-5H2;4H,3,5H2,1-2H3;1-2H3. The Bertz CT molecular complexity index is 135. The molecule has 0 aromatic heterocycles.